The maximum atomic E-state index is 14.1. The molecule has 10 heteroatoms. The molecule has 41 heavy (non-hydrogen) atoms. The second-order valence-corrected chi connectivity index (χ2v) is 11.8. The highest BCUT2D eigenvalue weighted by atomic mass is 19.1. The van der Waals surface area contributed by atoms with Crippen LogP contribution in [0.15, 0.2) is 48.7 Å². The molecule has 2 aromatic heterocycles. The number of piperidine rings is 1. The third-order valence-corrected chi connectivity index (χ3v) is 9.42. The number of hydrogen-bond acceptors (Lipinski definition) is 5. The first-order chi connectivity index (χ1) is 19.8. The highest BCUT2D eigenvalue weighted by molar-refractivity contribution is 6.06. The minimum Gasteiger partial charge on any atom is -0.326 e. The van der Waals surface area contributed by atoms with Gasteiger partial charge in [-0.05, 0) is 67.5 Å². The first-order valence-electron chi connectivity index (χ1n) is 14.1. The lowest BCUT2D eigenvalue weighted by Crippen LogP contribution is -2.51. The number of carbonyl (C=O) groups excluding carboxylic acids is 3. The van der Waals surface area contributed by atoms with Crippen molar-refractivity contribution in [2.24, 2.45) is 5.41 Å². The summed E-state index contributed by atoms with van der Waals surface area (Å²) in [5, 5.41) is 5.69. The maximum absolute atomic E-state index is 14.1. The zero-order valence-electron chi connectivity index (χ0n) is 22.4. The van der Waals surface area contributed by atoms with E-state index in [1.165, 1.54) is 17.0 Å². The molecule has 1 aromatic carbocycles. The number of nitrogens with zero attached hydrogens (tertiary/aromatic N) is 3. The number of rotatable bonds is 4. The van der Waals surface area contributed by atoms with Crippen LogP contribution in [0.2, 0.25) is 0 Å². The van der Waals surface area contributed by atoms with E-state index in [9.17, 15) is 23.2 Å². The normalized spacial score (nSPS) is 24.0. The van der Waals surface area contributed by atoms with Crippen molar-refractivity contribution in [1.29, 1.82) is 0 Å². The zero-order chi connectivity index (χ0) is 28.4. The second-order valence-electron chi connectivity index (χ2n) is 11.8. The van der Waals surface area contributed by atoms with Gasteiger partial charge in [0.15, 0.2) is 0 Å². The van der Waals surface area contributed by atoms with Crippen LogP contribution in [-0.2, 0) is 32.6 Å². The number of hydrogen-bond donors (Lipinski definition) is 2. The van der Waals surface area contributed by atoms with E-state index in [4.69, 9.17) is 0 Å². The molecule has 2 aliphatic carbocycles. The van der Waals surface area contributed by atoms with Crippen molar-refractivity contribution in [3.63, 3.8) is 0 Å². The first kappa shape index (κ1) is 25.7. The Kier molecular flexibility index (Phi) is 5.92. The second kappa shape index (κ2) is 9.43. The molecule has 2 fully saturated rings. The largest absolute Gasteiger partial charge is 0.326 e. The molecule has 2 spiro atoms. The fourth-order valence-corrected chi connectivity index (χ4v) is 7.45. The van der Waals surface area contributed by atoms with Crippen LogP contribution in [0.4, 0.5) is 20.4 Å². The lowest BCUT2D eigenvalue weighted by atomic mass is 9.74. The monoisotopic (exact) mass is 557 g/mol. The molecular weight excluding hydrogens is 528 g/mol. The van der Waals surface area contributed by atoms with Gasteiger partial charge in [-0.25, -0.2) is 18.7 Å². The molecule has 7 rings (SSSR count). The van der Waals surface area contributed by atoms with E-state index in [0.29, 0.717) is 42.9 Å². The van der Waals surface area contributed by atoms with E-state index in [1.807, 2.05) is 18.2 Å². The first-order valence-corrected chi connectivity index (χ1v) is 14.1. The van der Waals surface area contributed by atoms with Gasteiger partial charge in [0.1, 0.15) is 29.8 Å². The highest BCUT2D eigenvalue weighted by Gasteiger charge is 2.52. The number of halogens is 2. The number of pyridine rings is 2. The standard InChI is InChI=1S/C31H29F2N5O3/c32-20-12-19(13-21(33)14-20)24-7-10-30(8-1-2-9-30)29(41)38(24)17-26(39)36-25-6-5-18-15-31(16-23(18)35-25)22-4-3-11-34-27(22)37-28(31)40/h3-6,11-14,24H,1-2,7-10,15-17H2,(H,34,37,40)(H,35,36,39)/t24-,31+/m0/s1. The van der Waals surface area contributed by atoms with E-state index >= 15 is 0 Å². The van der Waals surface area contributed by atoms with Crippen LogP contribution >= 0.6 is 0 Å². The molecule has 0 radical (unpaired) electrons. The van der Waals surface area contributed by atoms with Gasteiger partial charge in [-0.2, -0.15) is 0 Å². The Hall–Kier alpha value is -4.21. The summed E-state index contributed by atoms with van der Waals surface area (Å²) in [6.07, 6.45) is 7.09. The summed E-state index contributed by atoms with van der Waals surface area (Å²) in [5.41, 5.74) is 1.56. The van der Waals surface area contributed by atoms with Crippen LogP contribution in [0.1, 0.15) is 67.0 Å². The summed E-state index contributed by atoms with van der Waals surface area (Å²) in [6.45, 7) is -0.256. The summed E-state index contributed by atoms with van der Waals surface area (Å²) < 4.78 is 28.2. The van der Waals surface area contributed by atoms with Gasteiger partial charge in [-0.3, -0.25) is 14.4 Å². The van der Waals surface area contributed by atoms with Gasteiger partial charge in [0.25, 0.3) is 0 Å². The molecule has 2 atom stereocenters. The van der Waals surface area contributed by atoms with Gasteiger partial charge in [0, 0.05) is 35.4 Å². The van der Waals surface area contributed by atoms with Gasteiger partial charge in [0.2, 0.25) is 17.7 Å². The van der Waals surface area contributed by atoms with Gasteiger partial charge >= 0.3 is 0 Å². The van der Waals surface area contributed by atoms with Crippen LogP contribution in [0, 0.1) is 17.0 Å². The van der Waals surface area contributed by atoms with Crippen molar-refractivity contribution in [3.05, 3.63) is 82.7 Å². The average molecular weight is 558 g/mol. The number of benzene rings is 1. The lowest BCUT2D eigenvalue weighted by Gasteiger charge is -2.44. The molecule has 2 N–H and O–H groups in total. The molecule has 8 nitrogen and oxygen atoms in total. The van der Waals surface area contributed by atoms with Gasteiger partial charge < -0.3 is 15.5 Å². The molecule has 0 bridgehead atoms. The van der Waals surface area contributed by atoms with Crippen molar-refractivity contribution in [3.8, 4) is 0 Å². The molecule has 2 aliphatic heterocycles. The van der Waals surface area contributed by atoms with Crippen LogP contribution in [0.5, 0.6) is 0 Å². The van der Waals surface area contributed by atoms with E-state index in [2.05, 4.69) is 20.6 Å². The minimum atomic E-state index is -0.773. The number of aromatic nitrogens is 2. The lowest BCUT2D eigenvalue weighted by molar-refractivity contribution is -0.152. The summed E-state index contributed by atoms with van der Waals surface area (Å²) in [6, 6.07) is 9.96. The topological polar surface area (TPSA) is 104 Å². The zero-order valence-corrected chi connectivity index (χ0v) is 22.4. The predicted molar refractivity (Wildman–Crippen MR) is 146 cm³/mol. The molecular formula is C31H29F2N5O3. The van der Waals surface area contributed by atoms with Gasteiger partial charge in [-0.15, -0.1) is 0 Å². The number of amides is 3. The van der Waals surface area contributed by atoms with Gasteiger partial charge in [0.05, 0.1) is 11.5 Å². The van der Waals surface area contributed by atoms with Crippen molar-refractivity contribution in [1.82, 2.24) is 14.9 Å². The molecule has 4 heterocycles. The molecule has 1 saturated heterocycles. The molecule has 3 aromatic rings. The number of fused-ring (bicyclic) bond motifs is 3. The van der Waals surface area contributed by atoms with E-state index in [-0.39, 0.29) is 18.4 Å². The summed E-state index contributed by atoms with van der Waals surface area (Å²) in [4.78, 5) is 50.6. The Bertz CT molecular complexity index is 1580. The summed E-state index contributed by atoms with van der Waals surface area (Å²) in [5.74, 6) is -1.22. The third-order valence-electron chi connectivity index (χ3n) is 9.42. The van der Waals surface area contributed by atoms with Gasteiger partial charge in [-0.1, -0.05) is 25.0 Å². The molecule has 4 aliphatic rings. The van der Waals surface area contributed by atoms with Crippen molar-refractivity contribution in [2.75, 3.05) is 17.2 Å². The Morgan fingerprint density at radius 1 is 1.05 bits per heavy atom. The summed E-state index contributed by atoms with van der Waals surface area (Å²) in [7, 11) is 0. The highest BCUT2D eigenvalue weighted by Crippen LogP contribution is 2.50. The fourth-order valence-electron chi connectivity index (χ4n) is 7.45. The SMILES string of the molecule is O=C(CN1C(=O)C2(CCCC2)CC[C@H]1c1cc(F)cc(F)c1)Nc1ccc2c(n1)C[C@@]1(C2)C(=O)Nc2ncccc21. The predicted octanol–water partition coefficient (Wildman–Crippen LogP) is 4.61. The third kappa shape index (κ3) is 4.19. The Labute approximate surface area is 235 Å². The quantitative estimate of drug-likeness (QED) is 0.488. The number of nitrogens with one attached hydrogen (secondary N) is 2. The van der Waals surface area contributed by atoms with E-state index in [0.717, 1.165) is 48.6 Å². The van der Waals surface area contributed by atoms with Crippen molar-refractivity contribution >= 4 is 29.4 Å². The smallest absolute Gasteiger partial charge is 0.245 e. The Balaban J connectivity index is 1.12. The molecule has 210 valence electrons. The van der Waals surface area contributed by atoms with Crippen molar-refractivity contribution in [2.45, 2.75) is 62.8 Å². The molecule has 1 saturated carbocycles. The van der Waals surface area contributed by atoms with Crippen LogP contribution < -0.4 is 10.6 Å². The maximum Gasteiger partial charge on any atom is 0.245 e. The number of likely N-dealkylation sites (tertiary alicyclic amines) is 1. The molecule has 3 amide bonds. The fraction of sp³-hybridized carbons (Fsp3) is 0.387. The minimum absolute atomic E-state index is 0.112. The summed E-state index contributed by atoms with van der Waals surface area (Å²) >= 11 is 0. The van der Waals surface area contributed by atoms with Crippen molar-refractivity contribution < 1.29 is 23.2 Å². The van der Waals surface area contributed by atoms with E-state index < -0.39 is 34.4 Å². The van der Waals surface area contributed by atoms with Crippen LogP contribution in [0.25, 0.3) is 0 Å². The average Bonchev–Trinajstić information content (AvgIpc) is 3.63. The van der Waals surface area contributed by atoms with Crippen LogP contribution in [-0.4, -0.2) is 39.1 Å². The number of anilines is 2. The Morgan fingerprint density at radius 2 is 1.83 bits per heavy atom. The molecule has 0 unspecified atom stereocenters. The van der Waals surface area contributed by atoms with E-state index in [1.54, 1.807) is 12.3 Å². The Morgan fingerprint density at radius 3 is 2.61 bits per heavy atom. The van der Waals surface area contributed by atoms with Crippen LogP contribution in [0.3, 0.4) is 0 Å². The number of carbonyl (C=O) groups is 3.